The van der Waals surface area contributed by atoms with E-state index < -0.39 is 6.04 Å². The molecule has 28 heavy (non-hydrogen) atoms. The second-order valence-corrected chi connectivity index (χ2v) is 6.78. The number of hydrogen-bond donors (Lipinski definition) is 1. The molecule has 0 saturated heterocycles. The summed E-state index contributed by atoms with van der Waals surface area (Å²) >= 11 is 0. The van der Waals surface area contributed by atoms with Crippen LogP contribution in [0.5, 0.6) is 11.5 Å². The summed E-state index contributed by atoms with van der Waals surface area (Å²) in [6.45, 7) is 0.617. The number of nitrogens with zero attached hydrogens (tertiary/aromatic N) is 3. The van der Waals surface area contributed by atoms with Crippen molar-refractivity contribution < 1.29 is 14.3 Å². The van der Waals surface area contributed by atoms with Gasteiger partial charge >= 0.3 is 0 Å². The molecule has 0 aliphatic carbocycles. The summed E-state index contributed by atoms with van der Waals surface area (Å²) in [5.41, 5.74) is 2.78. The quantitative estimate of drug-likeness (QED) is 0.714. The lowest BCUT2D eigenvalue weighted by atomic mass is 10.0. The van der Waals surface area contributed by atoms with Crippen LogP contribution in [0.2, 0.25) is 0 Å². The molecule has 1 aliphatic rings. The normalized spacial score (nSPS) is 13.5. The molecule has 0 saturated carbocycles. The summed E-state index contributed by atoms with van der Waals surface area (Å²) in [4.78, 5) is 14.9. The zero-order chi connectivity index (χ0) is 19.5. The minimum absolute atomic E-state index is 0.0841. The second kappa shape index (κ2) is 7.74. The van der Waals surface area contributed by atoms with Crippen molar-refractivity contribution in [2.75, 3.05) is 20.9 Å². The molecule has 1 atom stereocenters. The lowest BCUT2D eigenvalue weighted by molar-refractivity contribution is -0.125. The SMILES string of the molecule is CN(C)C(C(=O)NCc1ccccc1-n1cccn1)c1ccc2c(c1)OCO2. The molecule has 7 heteroatoms. The van der Waals surface area contributed by atoms with Gasteiger partial charge in [0.25, 0.3) is 0 Å². The Balaban J connectivity index is 1.52. The summed E-state index contributed by atoms with van der Waals surface area (Å²) in [5, 5.41) is 7.34. The maximum absolute atomic E-state index is 13.0. The standard InChI is InChI=1S/C21H22N4O3/c1-24(2)20(15-8-9-18-19(12-15)28-14-27-18)21(26)22-13-16-6-3-4-7-17(16)25-11-5-10-23-25/h3-12,20H,13-14H2,1-2H3,(H,22,26). The number of rotatable bonds is 6. The number of ether oxygens (including phenoxy) is 2. The molecule has 1 unspecified atom stereocenters. The highest BCUT2D eigenvalue weighted by Crippen LogP contribution is 2.35. The van der Waals surface area contributed by atoms with Crippen LogP contribution in [-0.4, -0.2) is 41.5 Å². The van der Waals surface area contributed by atoms with E-state index in [1.807, 2.05) is 73.7 Å². The van der Waals surface area contributed by atoms with Crippen molar-refractivity contribution >= 4 is 5.91 Å². The Hall–Kier alpha value is -3.32. The fourth-order valence-electron chi connectivity index (χ4n) is 3.34. The van der Waals surface area contributed by atoms with Crippen molar-refractivity contribution in [3.63, 3.8) is 0 Å². The third kappa shape index (κ3) is 3.57. The number of aromatic nitrogens is 2. The number of likely N-dealkylation sites (N-methyl/N-ethyl adjacent to an activating group) is 1. The fraction of sp³-hybridized carbons (Fsp3) is 0.238. The Kier molecular flexibility index (Phi) is 4.99. The van der Waals surface area contributed by atoms with Gasteiger partial charge in [0, 0.05) is 18.9 Å². The Morgan fingerprint density at radius 3 is 2.79 bits per heavy atom. The first-order chi connectivity index (χ1) is 13.6. The number of para-hydroxylation sites is 1. The molecule has 144 valence electrons. The average molecular weight is 378 g/mol. The lowest BCUT2D eigenvalue weighted by Gasteiger charge is -2.24. The molecular formula is C21H22N4O3. The first kappa shape index (κ1) is 18.1. The Bertz CT molecular complexity index is 970. The van der Waals surface area contributed by atoms with Crippen LogP contribution in [-0.2, 0) is 11.3 Å². The van der Waals surface area contributed by atoms with Gasteiger partial charge in [0.1, 0.15) is 6.04 Å². The van der Waals surface area contributed by atoms with E-state index in [2.05, 4.69) is 10.4 Å². The summed E-state index contributed by atoms with van der Waals surface area (Å²) in [7, 11) is 3.76. The smallest absolute Gasteiger partial charge is 0.242 e. The first-order valence-electron chi connectivity index (χ1n) is 9.05. The van der Waals surface area contributed by atoms with Crippen molar-refractivity contribution in [3.8, 4) is 17.2 Å². The van der Waals surface area contributed by atoms with Gasteiger partial charge in [-0.1, -0.05) is 24.3 Å². The van der Waals surface area contributed by atoms with Crippen LogP contribution in [0.25, 0.3) is 5.69 Å². The molecule has 0 fully saturated rings. The van der Waals surface area contributed by atoms with Crippen LogP contribution in [0.1, 0.15) is 17.2 Å². The molecule has 2 heterocycles. The highest BCUT2D eigenvalue weighted by Gasteiger charge is 2.25. The number of carbonyl (C=O) groups excluding carboxylic acids is 1. The van der Waals surface area contributed by atoms with Gasteiger partial charge in [0.2, 0.25) is 12.7 Å². The van der Waals surface area contributed by atoms with Crippen molar-refractivity contribution in [1.82, 2.24) is 20.0 Å². The topological polar surface area (TPSA) is 68.6 Å². The van der Waals surface area contributed by atoms with Crippen LogP contribution in [0.15, 0.2) is 60.9 Å². The van der Waals surface area contributed by atoms with Gasteiger partial charge in [-0.2, -0.15) is 5.10 Å². The monoisotopic (exact) mass is 378 g/mol. The number of nitrogens with one attached hydrogen (secondary N) is 1. The van der Waals surface area contributed by atoms with Gasteiger partial charge in [0.05, 0.1) is 5.69 Å². The molecule has 4 rings (SSSR count). The zero-order valence-corrected chi connectivity index (χ0v) is 15.8. The molecular weight excluding hydrogens is 356 g/mol. The van der Waals surface area contributed by atoms with Gasteiger partial charge < -0.3 is 14.8 Å². The molecule has 2 aromatic carbocycles. The summed E-state index contributed by atoms with van der Waals surface area (Å²) < 4.78 is 12.6. The molecule has 0 bridgehead atoms. The van der Waals surface area contributed by atoms with Gasteiger partial charge in [0.15, 0.2) is 11.5 Å². The highest BCUT2D eigenvalue weighted by molar-refractivity contribution is 5.83. The maximum Gasteiger partial charge on any atom is 0.242 e. The van der Waals surface area contributed by atoms with E-state index in [-0.39, 0.29) is 12.7 Å². The number of amides is 1. The van der Waals surface area contributed by atoms with E-state index >= 15 is 0 Å². The fourth-order valence-corrected chi connectivity index (χ4v) is 3.34. The van der Waals surface area contributed by atoms with Crippen LogP contribution < -0.4 is 14.8 Å². The minimum Gasteiger partial charge on any atom is -0.454 e. The van der Waals surface area contributed by atoms with Crippen LogP contribution >= 0.6 is 0 Å². The van der Waals surface area contributed by atoms with E-state index in [0.717, 1.165) is 16.8 Å². The predicted octanol–water partition coefficient (Wildman–Crippen LogP) is 2.52. The molecule has 1 aromatic heterocycles. The number of carbonyl (C=O) groups is 1. The summed E-state index contributed by atoms with van der Waals surface area (Å²) in [6.07, 6.45) is 3.62. The molecule has 1 N–H and O–H groups in total. The number of hydrogen-bond acceptors (Lipinski definition) is 5. The van der Waals surface area contributed by atoms with Crippen molar-refractivity contribution in [2.45, 2.75) is 12.6 Å². The van der Waals surface area contributed by atoms with Gasteiger partial charge in [-0.15, -0.1) is 0 Å². The van der Waals surface area contributed by atoms with Crippen LogP contribution in [0.3, 0.4) is 0 Å². The van der Waals surface area contributed by atoms with E-state index in [0.29, 0.717) is 18.0 Å². The average Bonchev–Trinajstić information content (AvgIpc) is 3.38. The van der Waals surface area contributed by atoms with Gasteiger partial charge in [-0.25, -0.2) is 4.68 Å². The van der Waals surface area contributed by atoms with Crippen LogP contribution in [0, 0.1) is 0 Å². The third-order valence-electron chi connectivity index (χ3n) is 4.67. The molecule has 0 spiro atoms. The lowest BCUT2D eigenvalue weighted by Crippen LogP contribution is -2.36. The Morgan fingerprint density at radius 2 is 2.00 bits per heavy atom. The minimum atomic E-state index is -0.439. The highest BCUT2D eigenvalue weighted by atomic mass is 16.7. The maximum atomic E-state index is 13.0. The molecule has 1 amide bonds. The van der Waals surface area contributed by atoms with E-state index in [1.54, 1.807) is 10.9 Å². The van der Waals surface area contributed by atoms with Crippen molar-refractivity contribution in [3.05, 3.63) is 72.1 Å². The van der Waals surface area contributed by atoms with Gasteiger partial charge in [-0.05, 0) is 49.5 Å². The number of fused-ring (bicyclic) bond motifs is 1. The van der Waals surface area contributed by atoms with E-state index in [4.69, 9.17) is 9.47 Å². The van der Waals surface area contributed by atoms with Crippen LogP contribution in [0.4, 0.5) is 0 Å². The predicted molar refractivity (Wildman–Crippen MR) is 104 cm³/mol. The summed E-state index contributed by atoms with van der Waals surface area (Å²) in [5.74, 6) is 1.29. The molecule has 0 radical (unpaired) electrons. The van der Waals surface area contributed by atoms with Crippen molar-refractivity contribution in [2.24, 2.45) is 0 Å². The molecule has 7 nitrogen and oxygen atoms in total. The Morgan fingerprint density at radius 1 is 1.18 bits per heavy atom. The van der Waals surface area contributed by atoms with E-state index in [1.165, 1.54) is 0 Å². The van der Waals surface area contributed by atoms with E-state index in [9.17, 15) is 4.79 Å². The Labute approximate surface area is 163 Å². The van der Waals surface area contributed by atoms with Crippen molar-refractivity contribution in [1.29, 1.82) is 0 Å². The zero-order valence-electron chi connectivity index (χ0n) is 15.8. The largest absolute Gasteiger partial charge is 0.454 e. The molecule has 1 aliphatic heterocycles. The number of benzene rings is 2. The second-order valence-electron chi connectivity index (χ2n) is 6.78. The molecule has 3 aromatic rings. The third-order valence-corrected chi connectivity index (χ3v) is 4.67. The summed E-state index contributed by atoms with van der Waals surface area (Å²) in [6, 6.07) is 14.9. The van der Waals surface area contributed by atoms with Gasteiger partial charge in [-0.3, -0.25) is 9.69 Å². The first-order valence-corrected chi connectivity index (χ1v) is 9.05.